The Kier molecular flexibility index (Phi) is 6.46. The maximum Gasteiger partial charge on any atom is 0.410 e. The van der Waals surface area contributed by atoms with Gasteiger partial charge in [-0.15, -0.1) is 0 Å². The fraction of sp³-hybridized carbons (Fsp3) is 0.538. The second-order valence-electron chi connectivity index (χ2n) is 10.9. The van der Waals surface area contributed by atoms with Crippen LogP contribution in [0.2, 0.25) is 0 Å². The lowest BCUT2D eigenvalue weighted by molar-refractivity contribution is 0.00683. The molecule has 0 radical (unpaired) electrons. The first-order valence-corrected chi connectivity index (χ1v) is 12.7. The Morgan fingerprint density at radius 3 is 2.58 bits per heavy atom. The lowest BCUT2D eigenvalue weighted by Crippen LogP contribution is -2.51. The van der Waals surface area contributed by atoms with Crippen molar-refractivity contribution in [1.82, 2.24) is 25.1 Å². The lowest BCUT2D eigenvalue weighted by atomic mass is 9.97. The number of piperidine rings is 1. The molecule has 0 aromatic carbocycles. The van der Waals surface area contributed by atoms with Crippen LogP contribution in [-0.2, 0) is 11.2 Å². The summed E-state index contributed by atoms with van der Waals surface area (Å²) in [6.07, 6.45) is 5.75. The van der Waals surface area contributed by atoms with Crippen LogP contribution in [0.5, 0.6) is 0 Å². The molecule has 0 saturated carbocycles. The topological polar surface area (TPSA) is 128 Å². The fourth-order valence-electron chi connectivity index (χ4n) is 5.32. The molecule has 3 aromatic heterocycles. The number of carbonyl (C=O) groups is 1. The van der Waals surface area contributed by atoms with E-state index in [2.05, 4.69) is 25.8 Å². The van der Waals surface area contributed by atoms with E-state index in [1.807, 2.05) is 50.8 Å². The second-order valence-corrected chi connectivity index (χ2v) is 10.9. The van der Waals surface area contributed by atoms with Crippen LogP contribution in [0.15, 0.2) is 24.4 Å². The number of hydrogen-bond acceptors (Lipinski definition) is 8. The number of nitrogens with one attached hydrogen (secondary N) is 3. The van der Waals surface area contributed by atoms with Crippen LogP contribution in [0.4, 0.5) is 22.2 Å². The number of H-pyrrole nitrogens is 1. The minimum absolute atomic E-state index is 0.0635. The third kappa shape index (κ3) is 5.23. The molecule has 2 fully saturated rings. The smallest absolute Gasteiger partial charge is 0.410 e. The van der Waals surface area contributed by atoms with Crippen LogP contribution >= 0.6 is 0 Å². The summed E-state index contributed by atoms with van der Waals surface area (Å²) >= 11 is 0. The number of ether oxygens (including phenoxy) is 1. The van der Waals surface area contributed by atoms with E-state index in [1.54, 1.807) is 6.20 Å². The van der Waals surface area contributed by atoms with E-state index in [0.29, 0.717) is 18.1 Å². The van der Waals surface area contributed by atoms with Crippen molar-refractivity contribution >= 4 is 34.4 Å². The Hall–Kier alpha value is -3.40. The Balaban J connectivity index is 1.40. The van der Waals surface area contributed by atoms with E-state index < -0.39 is 5.60 Å². The van der Waals surface area contributed by atoms with Crippen LogP contribution in [0.1, 0.15) is 57.7 Å². The van der Waals surface area contributed by atoms with Gasteiger partial charge in [-0.05, 0) is 71.4 Å². The minimum atomic E-state index is -0.506. The van der Waals surface area contributed by atoms with Gasteiger partial charge in [0.25, 0.3) is 0 Å². The quantitative estimate of drug-likeness (QED) is 0.401. The number of anilines is 3. The summed E-state index contributed by atoms with van der Waals surface area (Å²) in [6, 6.07) is 6.34. The molecule has 192 valence electrons. The fourth-order valence-corrected chi connectivity index (χ4v) is 5.32. The molecule has 0 aliphatic carbocycles. The average Bonchev–Trinajstić information content (AvgIpc) is 3.33. The predicted octanol–water partition coefficient (Wildman–Crippen LogP) is 4.28. The summed E-state index contributed by atoms with van der Waals surface area (Å²) in [7, 11) is 0. The van der Waals surface area contributed by atoms with Crippen molar-refractivity contribution in [3.63, 3.8) is 0 Å². The standard InChI is InChI=1S/C26H35N7O3/c1-15-9-23(32-31-15)29-22-13-21-20(10-16(7-8-34)14-27-21)24(30-22)28-17-11-18-5-6-19(12-17)33(18)25(35)36-26(2,3)4/h9-10,13-14,17-19,34H,5-8,11-12H2,1-4H3,(H3,28,29,30,31,32)/t17-,18-,19+. The van der Waals surface area contributed by atoms with Crippen molar-refractivity contribution in [3.8, 4) is 0 Å². The highest BCUT2D eigenvalue weighted by Gasteiger charge is 2.45. The number of aryl methyl sites for hydroxylation is 1. The number of aliphatic hydroxyl groups is 1. The molecular weight excluding hydrogens is 458 g/mol. The highest BCUT2D eigenvalue weighted by atomic mass is 16.6. The third-order valence-electron chi connectivity index (χ3n) is 6.78. The molecular formula is C26H35N7O3. The molecule has 0 unspecified atom stereocenters. The van der Waals surface area contributed by atoms with Gasteiger partial charge in [0.15, 0.2) is 5.82 Å². The molecule has 5 rings (SSSR count). The van der Waals surface area contributed by atoms with Gasteiger partial charge in [0.1, 0.15) is 17.2 Å². The molecule has 2 bridgehead atoms. The average molecular weight is 494 g/mol. The molecule has 5 heterocycles. The number of fused-ring (bicyclic) bond motifs is 3. The van der Waals surface area contributed by atoms with Crippen molar-refractivity contribution in [2.75, 3.05) is 17.2 Å². The van der Waals surface area contributed by atoms with E-state index >= 15 is 0 Å². The first-order valence-electron chi connectivity index (χ1n) is 12.7. The van der Waals surface area contributed by atoms with Gasteiger partial charge < -0.3 is 25.4 Å². The van der Waals surface area contributed by atoms with Crippen LogP contribution in [-0.4, -0.2) is 66.6 Å². The van der Waals surface area contributed by atoms with E-state index in [4.69, 9.17) is 9.72 Å². The highest BCUT2D eigenvalue weighted by molar-refractivity contribution is 5.92. The number of carbonyl (C=O) groups excluding carboxylic acids is 1. The van der Waals surface area contributed by atoms with Gasteiger partial charge in [-0.1, -0.05) is 0 Å². The molecule has 36 heavy (non-hydrogen) atoms. The minimum Gasteiger partial charge on any atom is -0.444 e. The number of amides is 1. The van der Waals surface area contributed by atoms with Crippen molar-refractivity contribution in [2.45, 2.75) is 83.5 Å². The van der Waals surface area contributed by atoms with Gasteiger partial charge in [-0.3, -0.25) is 10.1 Å². The van der Waals surface area contributed by atoms with E-state index in [0.717, 1.165) is 53.7 Å². The molecule has 3 atom stereocenters. The summed E-state index contributed by atoms with van der Waals surface area (Å²) in [6.45, 7) is 7.72. The summed E-state index contributed by atoms with van der Waals surface area (Å²) < 4.78 is 5.69. The summed E-state index contributed by atoms with van der Waals surface area (Å²) in [5.74, 6) is 2.07. The van der Waals surface area contributed by atoms with Gasteiger partial charge >= 0.3 is 6.09 Å². The highest BCUT2D eigenvalue weighted by Crippen LogP contribution is 2.38. The molecule has 4 N–H and O–H groups in total. The second kappa shape index (κ2) is 9.57. The number of hydrogen-bond donors (Lipinski definition) is 4. The molecule has 3 aromatic rings. The van der Waals surface area contributed by atoms with Gasteiger partial charge in [0.05, 0.1) is 5.52 Å². The number of pyridine rings is 2. The largest absolute Gasteiger partial charge is 0.444 e. The Bertz CT molecular complexity index is 1240. The molecule has 2 aliphatic rings. The molecule has 10 heteroatoms. The van der Waals surface area contributed by atoms with Gasteiger partial charge in [0.2, 0.25) is 0 Å². The van der Waals surface area contributed by atoms with Crippen molar-refractivity contribution < 1.29 is 14.6 Å². The summed E-state index contributed by atoms with van der Waals surface area (Å²) in [5.41, 5.74) is 2.21. The Morgan fingerprint density at radius 2 is 1.94 bits per heavy atom. The van der Waals surface area contributed by atoms with Gasteiger partial charge in [-0.2, -0.15) is 5.10 Å². The Labute approximate surface area is 210 Å². The van der Waals surface area contributed by atoms with Crippen molar-refractivity contribution in [3.05, 3.63) is 35.7 Å². The van der Waals surface area contributed by atoms with Crippen LogP contribution < -0.4 is 10.6 Å². The summed E-state index contributed by atoms with van der Waals surface area (Å²) in [5, 5.41) is 24.5. The number of rotatable bonds is 6. The molecule has 1 amide bonds. The van der Waals surface area contributed by atoms with Crippen LogP contribution in [0.25, 0.3) is 10.9 Å². The van der Waals surface area contributed by atoms with Crippen molar-refractivity contribution in [2.24, 2.45) is 0 Å². The molecule has 2 aliphatic heterocycles. The number of aromatic nitrogens is 4. The van der Waals surface area contributed by atoms with Gasteiger partial charge in [-0.25, -0.2) is 9.78 Å². The molecule has 10 nitrogen and oxygen atoms in total. The molecule has 0 spiro atoms. The normalized spacial score (nSPS) is 21.6. The van der Waals surface area contributed by atoms with Crippen LogP contribution in [0, 0.1) is 6.92 Å². The lowest BCUT2D eigenvalue weighted by Gasteiger charge is -2.39. The summed E-state index contributed by atoms with van der Waals surface area (Å²) in [4.78, 5) is 24.3. The number of aliphatic hydroxyl groups excluding tert-OH is 1. The zero-order valence-electron chi connectivity index (χ0n) is 21.3. The maximum absolute atomic E-state index is 12.9. The number of aromatic amines is 1. The SMILES string of the molecule is Cc1cc(Nc2cc3ncc(CCO)cc3c(N[C@@H]3C[C@H]4CC[C@@H](C3)N4C(=O)OC(C)(C)C)n2)n[nH]1. The third-order valence-corrected chi connectivity index (χ3v) is 6.78. The monoisotopic (exact) mass is 493 g/mol. The van der Waals surface area contributed by atoms with Crippen LogP contribution in [0.3, 0.4) is 0 Å². The van der Waals surface area contributed by atoms with E-state index in [-0.39, 0.29) is 30.8 Å². The van der Waals surface area contributed by atoms with E-state index in [9.17, 15) is 9.90 Å². The first-order chi connectivity index (χ1) is 17.2. The van der Waals surface area contributed by atoms with Crippen molar-refractivity contribution in [1.29, 1.82) is 0 Å². The zero-order valence-corrected chi connectivity index (χ0v) is 21.3. The maximum atomic E-state index is 12.9. The predicted molar refractivity (Wildman–Crippen MR) is 138 cm³/mol. The Morgan fingerprint density at radius 1 is 1.19 bits per heavy atom. The first kappa shape index (κ1) is 24.3. The number of nitrogens with zero attached hydrogens (tertiary/aromatic N) is 4. The van der Waals surface area contributed by atoms with Gasteiger partial charge in [0, 0.05) is 54.1 Å². The zero-order chi connectivity index (χ0) is 25.4. The van der Waals surface area contributed by atoms with E-state index in [1.165, 1.54) is 0 Å². The molecule has 2 saturated heterocycles.